The fourth-order valence-electron chi connectivity index (χ4n) is 3.38. The quantitative estimate of drug-likeness (QED) is 0.851. The van der Waals surface area contributed by atoms with Gasteiger partial charge in [0.2, 0.25) is 5.91 Å². The van der Waals surface area contributed by atoms with Gasteiger partial charge < -0.3 is 15.4 Å². The van der Waals surface area contributed by atoms with Crippen LogP contribution in [0, 0.1) is 0 Å². The number of piperidine rings is 1. The number of nitrogens with one attached hydrogen (secondary N) is 2. The summed E-state index contributed by atoms with van der Waals surface area (Å²) in [6.45, 7) is 1.57. The van der Waals surface area contributed by atoms with E-state index in [2.05, 4.69) is 10.6 Å². The zero-order chi connectivity index (χ0) is 16.5. The normalized spacial score (nSPS) is 23.4. The second-order valence-corrected chi connectivity index (χ2v) is 8.54. The van der Waals surface area contributed by atoms with Crippen molar-refractivity contribution in [3.05, 3.63) is 29.8 Å². The summed E-state index contributed by atoms with van der Waals surface area (Å²) in [6, 6.07) is 7.34. The predicted octanol–water partition coefficient (Wildman–Crippen LogP) is 0.793. The molecule has 0 saturated carbocycles. The van der Waals surface area contributed by atoms with Crippen LogP contribution in [0.25, 0.3) is 0 Å². The molecule has 0 radical (unpaired) electrons. The number of para-hydroxylation sites is 1. The Balaban J connectivity index is 1.86. The maximum Gasteiger partial charge on any atom is 0.242 e. The number of hydrogen-bond donors (Lipinski definition) is 2. The molecular formula is C16H22N2O4S. The van der Waals surface area contributed by atoms with Crippen molar-refractivity contribution >= 4 is 15.7 Å². The summed E-state index contributed by atoms with van der Waals surface area (Å²) in [5.41, 5.74) is 0.907. The van der Waals surface area contributed by atoms with Crippen molar-refractivity contribution in [2.45, 2.75) is 30.1 Å². The number of hydrogen-bond acceptors (Lipinski definition) is 5. The standard InChI is InChI=1S/C16H22N2O4S/c1-23(20,21)16(7-9-17-10-8-16)15(19)18-13-6-11-22-14-5-3-2-4-12(13)14/h2-5,13,17H,6-11H2,1H3,(H,18,19). The molecule has 1 fully saturated rings. The van der Waals surface area contributed by atoms with Gasteiger partial charge in [0.1, 0.15) is 5.75 Å². The first-order valence-corrected chi connectivity index (χ1v) is 9.76. The van der Waals surface area contributed by atoms with Crippen molar-refractivity contribution in [3.63, 3.8) is 0 Å². The second-order valence-electron chi connectivity index (χ2n) is 6.22. The minimum Gasteiger partial charge on any atom is -0.493 e. The van der Waals surface area contributed by atoms with Gasteiger partial charge in [-0.15, -0.1) is 0 Å². The van der Waals surface area contributed by atoms with Crippen LogP contribution in [-0.4, -0.2) is 45.0 Å². The van der Waals surface area contributed by atoms with Crippen LogP contribution < -0.4 is 15.4 Å². The van der Waals surface area contributed by atoms with Gasteiger partial charge in [-0.05, 0) is 32.0 Å². The first-order chi connectivity index (χ1) is 10.9. The zero-order valence-corrected chi connectivity index (χ0v) is 14.0. The lowest BCUT2D eigenvalue weighted by atomic mass is 9.94. The lowest BCUT2D eigenvalue weighted by molar-refractivity contribution is -0.125. The molecule has 1 unspecified atom stereocenters. The van der Waals surface area contributed by atoms with Crippen LogP contribution in [0.2, 0.25) is 0 Å². The summed E-state index contributed by atoms with van der Waals surface area (Å²) in [5.74, 6) is 0.367. The van der Waals surface area contributed by atoms with Crippen molar-refractivity contribution < 1.29 is 17.9 Å². The Hall–Kier alpha value is -1.60. The van der Waals surface area contributed by atoms with E-state index < -0.39 is 14.6 Å². The zero-order valence-electron chi connectivity index (χ0n) is 13.2. The number of carbonyl (C=O) groups is 1. The largest absolute Gasteiger partial charge is 0.493 e. The van der Waals surface area contributed by atoms with Crippen LogP contribution in [0.3, 0.4) is 0 Å². The van der Waals surface area contributed by atoms with Crippen LogP contribution in [0.15, 0.2) is 24.3 Å². The summed E-state index contributed by atoms with van der Waals surface area (Å²) in [6.07, 6.45) is 2.42. The Morgan fingerprint density at radius 3 is 2.70 bits per heavy atom. The van der Waals surface area contributed by atoms with Gasteiger partial charge in [0, 0.05) is 18.2 Å². The van der Waals surface area contributed by atoms with Gasteiger partial charge in [0.15, 0.2) is 14.6 Å². The molecule has 2 aliphatic rings. The third-order valence-electron chi connectivity index (χ3n) is 4.80. The van der Waals surface area contributed by atoms with Gasteiger partial charge in [-0.2, -0.15) is 0 Å². The molecule has 7 heteroatoms. The maximum atomic E-state index is 12.9. The molecule has 1 aromatic rings. The van der Waals surface area contributed by atoms with Crippen molar-refractivity contribution in [2.75, 3.05) is 26.0 Å². The van der Waals surface area contributed by atoms with E-state index in [-0.39, 0.29) is 11.9 Å². The molecule has 2 N–H and O–H groups in total. The van der Waals surface area contributed by atoms with E-state index >= 15 is 0 Å². The summed E-state index contributed by atoms with van der Waals surface area (Å²) in [4.78, 5) is 12.9. The molecule has 0 bridgehead atoms. The Kier molecular flexibility index (Phi) is 4.33. The molecule has 1 saturated heterocycles. The van der Waals surface area contributed by atoms with E-state index in [0.29, 0.717) is 39.0 Å². The van der Waals surface area contributed by atoms with Crippen LogP contribution in [0.4, 0.5) is 0 Å². The number of rotatable bonds is 3. The summed E-state index contributed by atoms with van der Waals surface area (Å²) >= 11 is 0. The molecule has 0 aliphatic carbocycles. The SMILES string of the molecule is CS(=O)(=O)C1(C(=O)NC2CCOc3ccccc32)CCNCC1. The van der Waals surface area contributed by atoms with E-state index in [1.165, 1.54) is 0 Å². The van der Waals surface area contributed by atoms with Crippen LogP contribution in [-0.2, 0) is 14.6 Å². The number of fused-ring (bicyclic) bond motifs is 1. The molecule has 2 aliphatic heterocycles. The Bertz CT molecular complexity index is 696. The number of benzene rings is 1. The summed E-state index contributed by atoms with van der Waals surface area (Å²) in [7, 11) is -3.50. The predicted molar refractivity (Wildman–Crippen MR) is 87.1 cm³/mol. The molecule has 1 aromatic carbocycles. The van der Waals surface area contributed by atoms with Crippen LogP contribution >= 0.6 is 0 Å². The molecule has 23 heavy (non-hydrogen) atoms. The van der Waals surface area contributed by atoms with Gasteiger partial charge in [-0.25, -0.2) is 8.42 Å². The van der Waals surface area contributed by atoms with Gasteiger partial charge in [-0.3, -0.25) is 4.79 Å². The smallest absolute Gasteiger partial charge is 0.242 e. The molecule has 1 amide bonds. The highest BCUT2D eigenvalue weighted by molar-refractivity contribution is 7.92. The number of amides is 1. The molecule has 1 atom stereocenters. The first kappa shape index (κ1) is 16.3. The number of ether oxygens (including phenoxy) is 1. The van der Waals surface area contributed by atoms with Crippen LogP contribution in [0.1, 0.15) is 30.9 Å². The fraction of sp³-hybridized carbons (Fsp3) is 0.562. The third-order valence-corrected chi connectivity index (χ3v) is 6.81. The highest BCUT2D eigenvalue weighted by Crippen LogP contribution is 2.34. The van der Waals surface area contributed by atoms with E-state index in [1.54, 1.807) is 0 Å². The van der Waals surface area contributed by atoms with Crippen molar-refractivity contribution in [3.8, 4) is 5.75 Å². The summed E-state index contributed by atoms with van der Waals surface area (Å²) in [5, 5.41) is 6.09. The summed E-state index contributed by atoms with van der Waals surface area (Å²) < 4.78 is 28.9. The van der Waals surface area contributed by atoms with Crippen molar-refractivity contribution in [1.82, 2.24) is 10.6 Å². The van der Waals surface area contributed by atoms with Gasteiger partial charge >= 0.3 is 0 Å². The van der Waals surface area contributed by atoms with Gasteiger partial charge in [0.05, 0.1) is 12.6 Å². The van der Waals surface area contributed by atoms with E-state index in [4.69, 9.17) is 4.74 Å². The Morgan fingerprint density at radius 2 is 2.00 bits per heavy atom. The maximum absolute atomic E-state index is 12.9. The third kappa shape index (κ3) is 2.95. The average Bonchev–Trinajstić information content (AvgIpc) is 2.55. The second kappa shape index (κ2) is 6.13. The van der Waals surface area contributed by atoms with E-state index in [0.717, 1.165) is 17.6 Å². The minimum absolute atomic E-state index is 0.207. The first-order valence-electron chi connectivity index (χ1n) is 7.87. The van der Waals surface area contributed by atoms with Crippen LogP contribution in [0.5, 0.6) is 5.75 Å². The fourth-order valence-corrected chi connectivity index (χ4v) is 4.72. The topological polar surface area (TPSA) is 84.5 Å². The number of carbonyl (C=O) groups excluding carboxylic acids is 1. The molecule has 0 spiro atoms. The molecule has 3 rings (SSSR count). The molecule has 0 aromatic heterocycles. The molecule has 2 heterocycles. The lowest BCUT2D eigenvalue weighted by Crippen LogP contribution is -2.57. The monoisotopic (exact) mass is 338 g/mol. The van der Waals surface area contributed by atoms with E-state index in [1.807, 2.05) is 24.3 Å². The lowest BCUT2D eigenvalue weighted by Gasteiger charge is -2.36. The molecule has 126 valence electrons. The molecular weight excluding hydrogens is 316 g/mol. The highest BCUT2D eigenvalue weighted by Gasteiger charge is 2.49. The minimum atomic E-state index is -3.50. The average molecular weight is 338 g/mol. The van der Waals surface area contributed by atoms with Crippen molar-refractivity contribution in [1.29, 1.82) is 0 Å². The van der Waals surface area contributed by atoms with Gasteiger partial charge in [0.25, 0.3) is 0 Å². The van der Waals surface area contributed by atoms with Crippen molar-refractivity contribution in [2.24, 2.45) is 0 Å². The Morgan fingerprint density at radius 1 is 1.30 bits per heavy atom. The Labute approximate surface area is 136 Å². The van der Waals surface area contributed by atoms with Gasteiger partial charge in [-0.1, -0.05) is 18.2 Å². The highest BCUT2D eigenvalue weighted by atomic mass is 32.2. The van der Waals surface area contributed by atoms with E-state index in [9.17, 15) is 13.2 Å². The number of sulfone groups is 1. The molecule has 6 nitrogen and oxygen atoms in total.